The minimum atomic E-state index is -0.440. The zero-order valence-electron chi connectivity index (χ0n) is 20.1. The standard InChI is InChI=1S/C27H23ClN6O3S/c28-23-9-7-19(38-23)13-22(32-26(36)18-4-2-1-3-5-18)27(37)34-11-10-33(24(35)15-34)14-17-6-8-20-21(12-17)30-16-31-25(20)29/h1-9,12-13,16H,10-11,14-15H2,(H,32,36)(H2,29,30,31)/b22-13-. The van der Waals surface area contributed by atoms with Gasteiger partial charge in [-0.05, 0) is 48.0 Å². The number of carbonyl (C=O) groups excluding carboxylic acids is 3. The molecule has 5 rings (SSSR count). The Morgan fingerprint density at radius 2 is 1.89 bits per heavy atom. The van der Waals surface area contributed by atoms with Gasteiger partial charge in [0.15, 0.2) is 0 Å². The predicted molar refractivity (Wildman–Crippen MR) is 147 cm³/mol. The van der Waals surface area contributed by atoms with Crippen LogP contribution in [0.15, 0.2) is 72.7 Å². The minimum absolute atomic E-state index is 0.0745. The second kappa shape index (κ2) is 11.0. The third-order valence-electron chi connectivity index (χ3n) is 6.11. The van der Waals surface area contributed by atoms with Gasteiger partial charge in [-0.2, -0.15) is 0 Å². The fraction of sp³-hybridized carbons (Fsp3) is 0.148. The predicted octanol–water partition coefficient (Wildman–Crippen LogP) is 3.57. The van der Waals surface area contributed by atoms with Gasteiger partial charge in [0.1, 0.15) is 24.4 Å². The second-order valence-corrected chi connectivity index (χ2v) is 10.4. The fourth-order valence-electron chi connectivity index (χ4n) is 4.14. The number of aromatic nitrogens is 2. The Morgan fingerprint density at radius 3 is 2.63 bits per heavy atom. The van der Waals surface area contributed by atoms with E-state index in [4.69, 9.17) is 17.3 Å². The number of fused-ring (bicyclic) bond motifs is 1. The summed E-state index contributed by atoms with van der Waals surface area (Å²) in [5, 5.41) is 3.47. The van der Waals surface area contributed by atoms with E-state index in [1.54, 1.807) is 53.4 Å². The van der Waals surface area contributed by atoms with Crippen molar-refractivity contribution in [3.05, 3.63) is 93.0 Å². The zero-order valence-corrected chi connectivity index (χ0v) is 21.7. The number of nitrogen functional groups attached to an aromatic ring is 1. The largest absolute Gasteiger partial charge is 0.383 e. The van der Waals surface area contributed by atoms with Gasteiger partial charge in [-0.25, -0.2) is 9.97 Å². The Balaban J connectivity index is 1.30. The number of carbonyl (C=O) groups is 3. The quantitative estimate of drug-likeness (QED) is 0.357. The van der Waals surface area contributed by atoms with Crippen molar-refractivity contribution in [3.8, 4) is 0 Å². The summed E-state index contributed by atoms with van der Waals surface area (Å²) < 4.78 is 0.559. The lowest BCUT2D eigenvalue weighted by Crippen LogP contribution is -2.53. The summed E-state index contributed by atoms with van der Waals surface area (Å²) in [6.07, 6.45) is 2.99. The third-order valence-corrected chi connectivity index (χ3v) is 7.28. The Bertz CT molecular complexity index is 1550. The molecule has 0 aliphatic carbocycles. The number of nitrogens with two attached hydrogens (primary N) is 1. The second-order valence-electron chi connectivity index (χ2n) is 8.67. The molecule has 2 aromatic carbocycles. The van der Waals surface area contributed by atoms with E-state index < -0.39 is 11.8 Å². The average molecular weight is 547 g/mol. The Labute approximate surface area is 227 Å². The highest BCUT2D eigenvalue weighted by Crippen LogP contribution is 2.24. The van der Waals surface area contributed by atoms with E-state index >= 15 is 0 Å². The molecule has 0 bridgehead atoms. The summed E-state index contributed by atoms with van der Waals surface area (Å²) >= 11 is 7.34. The third kappa shape index (κ3) is 5.66. The van der Waals surface area contributed by atoms with Crippen molar-refractivity contribution in [1.29, 1.82) is 0 Å². The molecule has 1 aliphatic rings. The van der Waals surface area contributed by atoms with Gasteiger partial charge in [0, 0.05) is 35.5 Å². The molecule has 1 saturated heterocycles. The van der Waals surface area contributed by atoms with Crippen molar-refractivity contribution in [3.63, 3.8) is 0 Å². The van der Waals surface area contributed by atoms with Gasteiger partial charge in [0.25, 0.3) is 11.8 Å². The molecule has 0 unspecified atom stereocenters. The first kappa shape index (κ1) is 25.4. The highest BCUT2D eigenvalue weighted by molar-refractivity contribution is 7.17. The van der Waals surface area contributed by atoms with Crippen LogP contribution >= 0.6 is 22.9 Å². The Hall–Kier alpha value is -4.28. The number of benzene rings is 2. The van der Waals surface area contributed by atoms with E-state index in [-0.39, 0.29) is 18.1 Å². The molecule has 3 amide bonds. The van der Waals surface area contributed by atoms with Gasteiger partial charge in [0.2, 0.25) is 5.91 Å². The van der Waals surface area contributed by atoms with Crippen LogP contribution in [0.5, 0.6) is 0 Å². The molecule has 0 radical (unpaired) electrons. The number of nitrogens with one attached hydrogen (secondary N) is 1. The molecule has 1 fully saturated rings. The average Bonchev–Trinajstić information content (AvgIpc) is 3.34. The zero-order chi connectivity index (χ0) is 26.6. The van der Waals surface area contributed by atoms with Crippen LogP contribution in [0, 0.1) is 0 Å². The molecule has 9 nitrogen and oxygen atoms in total. The molecule has 3 heterocycles. The Kier molecular flexibility index (Phi) is 7.34. The number of hydrogen-bond donors (Lipinski definition) is 2. The van der Waals surface area contributed by atoms with E-state index in [0.29, 0.717) is 45.7 Å². The fourth-order valence-corrected chi connectivity index (χ4v) is 5.15. The molecule has 1 aliphatic heterocycles. The summed E-state index contributed by atoms with van der Waals surface area (Å²) in [7, 11) is 0. The molecule has 192 valence electrons. The molecule has 4 aromatic rings. The monoisotopic (exact) mass is 546 g/mol. The van der Waals surface area contributed by atoms with Gasteiger partial charge in [-0.15, -0.1) is 11.3 Å². The van der Waals surface area contributed by atoms with Crippen LogP contribution in [0.25, 0.3) is 17.0 Å². The van der Waals surface area contributed by atoms with Crippen LogP contribution in [0.2, 0.25) is 4.34 Å². The summed E-state index contributed by atoms with van der Waals surface area (Å²) in [4.78, 5) is 51.4. The van der Waals surface area contributed by atoms with E-state index in [9.17, 15) is 14.4 Å². The van der Waals surface area contributed by atoms with Gasteiger partial charge in [-0.3, -0.25) is 14.4 Å². The van der Waals surface area contributed by atoms with E-state index in [1.807, 2.05) is 18.2 Å². The van der Waals surface area contributed by atoms with E-state index in [1.165, 1.54) is 22.6 Å². The van der Waals surface area contributed by atoms with Crippen LogP contribution in [0.1, 0.15) is 20.8 Å². The van der Waals surface area contributed by atoms with Crippen LogP contribution in [-0.2, 0) is 16.1 Å². The smallest absolute Gasteiger partial charge is 0.270 e. The van der Waals surface area contributed by atoms with Crippen molar-refractivity contribution in [2.45, 2.75) is 6.54 Å². The van der Waals surface area contributed by atoms with Crippen molar-refractivity contribution in [2.24, 2.45) is 0 Å². The SMILES string of the molecule is Nc1ncnc2cc(CN3CCN(C(=O)/C(=C/c4ccc(Cl)s4)NC(=O)c4ccccc4)CC3=O)ccc12. The van der Waals surface area contributed by atoms with Gasteiger partial charge < -0.3 is 20.9 Å². The molecule has 0 saturated carbocycles. The first-order chi connectivity index (χ1) is 18.4. The maximum Gasteiger partial charge on any atom is 0.270 e. The van der Waals surface area contributed by atoms with E-state index in [2.05, 4.69) is 15.3 Å². The molecule has 2 aromatic heterocycles. The lowest BCUT2D eigenvalue weighted by Gasteiger charge is -2.34. The number of amides is 3. The van der Waals surface area contributed by atoms with Crippen molar-refractivity contribution in [2.75, 3.05) is 25.4 Å². The van der Waals surface area contributed by atoms with Gasteiger partial charge in [0.05, 0.1) is 9.85 Å². The van der Waals surface area contributed by atoms with Crippen LogP contribution in [0.3, 0.4) is 0 Å². The number of piperazine rings is 1. The Morgan fingerprint density at radius 1 is 1.08 bits per heavy atom. The molecular formula is C27H23ClN6O3S. The number of halogens is 1. The highest BCUT2D eigenvalue weighted by atomic mass is 35.5. The van der Waals surface area contributed by atoms with Crippen molar-refractivity contribution in [1.82, 2.24) is 25.1 Å². The summed E-state index contributed by atoms with van der Waals surface area (Å²) in [5.41, 5.74) is 7.99. The molecule has 3 N–H and O–H groups in total. The number of rotatable bonds is 6. The highest BCUT2D eigenvalue weighted by Gasteiger charge is 2.29. The number of thiophene rings is 1. The molecule has 11 heteroatoms. The van der Waals surface area contributed by atoms with Gasteiger partial charge in [-0.1, -0.05) is 35.9 Å². The lowest BCUT2D eigenvalue weighted by atomic mass is 10.1. The first-order valence-corrected chi connectivity index (χ1v) is 13.0. The molecule has 0 spiro atoms. The van der Waals surface area contributed by atoms with Crippen LogP contribution < -0.4 is 11.1 Å². The number of hydrogen-bond acceptors (Lipinski definition) is 7. The number of nitrogens with zero attached hydrogens (tertiary/aromatic N) is 4. The van der Waals surface area contributed by atoms with Crippen LogP contribution in [-0.4, -0.2) is 57.1 Å². The molecule has 38 heavy (non-hydrogen) atoms. The van der Waals surface area contributed by atoms with E-state index in [0.717, 1.165) is 10.9 Å². The first-order valence-electron chi connectivity index (χ1n) is 11.8. The maximum atomic E-state index is 13.5. The summed E-state index contributed by atoms with van der Waals surface area (Å²) in [6.45, 7) is 0.934. The maximum absolute atomic E-state index is 13.5. The van der Waals surface area contributed by atoms with Crippen molar-refractivity contribution < 1.29 is 14.4 Å². The number of anilines is 1. The summed E-state index contributed by atoms with van der Waals surface area (Å²) in [5.74, 6) is -0.652. The lowest BCUT2D eigenvalue weighted by molar-refractivity contribution is -0.143. The van der Waals surface area contributed by atoms with Crippen LogP contribution in [0.4, 0.5) is 5.82 Å². The molecular weight excluding hydrogens is 524 g/mol. The summed E-state index contributed by atoms with van der Waals surface area (Å²) in [6, 6.07) is 17.7. The normalized spacial score (nSPS) is 14.1. The topological polar surface area (TPSA) is 122 Å². The van der Waals surface area contributed by atoms with Gasteiger partial charge >= 0.3 is 0 Å². The van der Waals surface area contributed by atoms with Crippen molar-refractivity contribution >= 4 is 63.5 Å². The molecule has 0 atom stereocenters. The minimum Gasteiger partial charge on any atom is -0.383 e.